The van der Waals surface area contributed by atoms with E-state index in [1.165, 1.54) is 30.4 Å². The van der Waals surface area contributed by atoms with Gasteiger partial charge in [-0.25, -0.2) is 0 Å². The highest BCUT2D eigenvalue weighted by molar-refractivity contribution is 5.44. The molecule has 2 unspecified atom stereocenters. The minimum absolute atomic E-state index is 0.339. The van der Waals surface area contributed by atoms with Crippen LogP contribution in [0.15, 0.2) is 70.9 Å². The van der Waals surface area contributed by atoms with Crippen LogP contribution in [-0.4, -0.2) is 51.0 Å². The molecule has 3 aliphatic heterocycles. The summed E-state index contributed by atoms with van der Waals surface area (Å²) in [7, 11) is 2.21. The van der Waals surface area contributed by atoms with Gasteiger partial charge in [-0.2, -0.15) is 0 Å². The molecule has 0 saturated carbocycles. The first-order valence-electron chi connectivity index (χ1n) is 11.8. The highest BCUT2D eigenvalue weighted by Crippen LogP contribution is 2.36. The molecular weight excluding hydrogens is 386 g/mol. The van der Waals surface area contributed by atoms with Crippen LogP contribution >= 0.6 is 0 Å². The van der Waals surface area contributed by atoms with E-state index in [2.05, 4.69) is 66.1 Å². The van der Waals surface area contributed by atoms with Gasteiger partial charge < -0.3 is 25.0 Å². The Labute approximate surface area is 187 Å². The summed E-state index contributed by atoms with van der Waals surface area (Å²) in [6.07, 6.45) is 21.5. The summed E-state index contributed by atoms with van der Waals surface area (Å²) in [5.74, 6) is 2.42. The molecule has 2 saturated heterocycles. The lowest BCUT2D eigenvalue weighted by molar-refractivity contribution is 0.0974. The van der Waals surface area contributed by atoms with Crippen LogP contribution in [-0.2, 0) is 9.47 Å². The Kier molecular flexibility index (Phi) is 7.71. The van der Waals surface area contributed by atoms with Crippen molar-refractivity contribution in [1.82, 2.24) is 15.5 Å². The summed E-state index contributed by atoms with van der Waals surface area (Å²) >= 11 is 0. The first kappa shape index (κ1) is 22.0. The highest BCUT2D eigenvalue weighted by atomic mass is 16.7. The zero-order valence-electron chi connectivity index (χ0n) is 19.0. The Morgan fingerprint density at radius 2 is 2.10 bits per heavy atom. The SMILES string of the molecule is C/C=C1/C(C2CCCNCC2)=CN(C)C1/C=C\CCNCC1=CC=C2OCOC2=CC1. The topological polar surface area (TPSA) is 45.8 Å². The summed E-state index contributed by atoms with van der Waals surface area (Å²) in [4.78, 5) is 2.38. The maximum atomic E-state index is 5.46. The number of nitrogens with zero attached hydrogens (tertiary/aromatic N) is 1. The van der Waals surface area contributed by atoms with E-state index < -0.39 is 0 Å². The van der Waals surface area contributed by atoms with E-state index in [-0.39, 0.29) is 0 Å². The van der Waals surface area contributed by atoms with Gasteiger partial charge in [0.05, 0.1) is 6.04 Å². The molecule has 2 N–H and O–H groups in total. The van der Waals surface area contributed by atoms with Gasteiger partial charge in [0, 0.05) is 19.8 Å². The fourth-order valence-electron chi connectivity index (χ4n) is 4.88. The number of hydrogen-bond donors (Lipinski definition) is 2. The van der Waals surface area contributed by atoms with Crippen molar-refractivity contribution in [3.05, 3.63) is 70.9 Å². The lowest BCUT2D eigenvalue weighted by Crippen LogP contribution is -2.22. The number of allylic oxidation sites excluding steroid dienone is 4. The number of fused-ring (bicyclic) bond motifs is 1. The third-order valence-corrected chi connectivity index (χ3v) is 6.61. The molecule has 31 heavy (non-hydrogen) atoms. The Bertz CT molecular complexity index is 811. The van der Waals surface area contributed by atoms with Gasteiger partial charge in [-0.05, 0) is 87.9 Å². The fourth-order valence-corrected chi connectivity index (χ4v) is 4.88. The van der Waals surface area contributed by atoms with Gasteiger partial charge >= 0.3 is 0 Å². The lowest BCUT2D eigenvalue weighted by atomic mass is 9.86. The molecule has 4 rings (SSSR count). The van der Waals surface area contributed by atoms with Crippen molar-refractivity contribution in [3.63, 3.8) is 0 Å². The third-order valence-electron chi connectivity index (χ3n) is 6.61. The largest absolute Gasteiger partial charge is 0.454 e. The van der Waals surface area contributed by atoms with Crippen LogP contribution in [0, 0.1) is 5.92 Å². The molecule has 2 atom stereocenters. The molecule has 0 bridgehead atoms. The van der Waals surface area contributed by atoms with E-state index in [1.54, 1.807) is 5.57 Å². The summed E-state index contributed by atoms with van der Waals surface area (Å²) in [6, 6.07) is 0.374. The van der Waals surface area contributed by atoms with Gasteiger partial charge in [0.25, 0.3) is 0 Å². The normalized spacial score (nSPS) is 27.7. The predicted molar refractivity (Wildman–Crippen MR) is 126 cm³/mol. The summed E-state index contributed by atoms with van der Waals surface area (Å²) in [5.41, 5.74) is 4.41. The van der Waals surface area contributed by atoms with Crippen LogP contribution in [0.2, 0.25) is 0 Å². The molecular formula is C26H37N3O2. The average molecular weight is 424 g/mol. The second-order valence-electron chi connectivity index (χ2n) is 8.75. The summed E-state index contributed by atoms with van der Waals surface area (Å²) in [5, 5.41) is 7.11. The van der Waals surface area contributed by atoms with Gasteiger partial charge in [-0.1, -0.05) is 29.9 Å². The van der Waals surface area contributed by atoms with Crippen molar-refractivity contribution in [2.75, 3.05) is 40.0 Å². The van der Waals surface area contributed by atoms with E-state index in [9.17, 15) is 0 Å². The van der Waals surface area contributed by atoms with Crippen molar-refractivity contribution >= 4 is 0 Å². The molecule has 0 spiro atoms. The average Bonchev–Trinajstić information content (AvgIpc) is 3.15. The van der Waals surface area contributed by atoms with Gasteiger partial charge in [-0.3, -0.25) is 0 Å². The molecule has 4 aliphatic rings. The minimum atomic E-state index is 0.339. The predicted octanol–water partition coefficient (Wildman–Crippen LogP) is 4.16. The van der Waals surface area contributed by atoms with Crippen molar-refractivity contribution in [1.29, 1.82) is 0 Å². The van der Waals surface area contributed by atoms with Crippen LogP contribution in [0.25, 0.3) is 0 Å². The van der Waals surface area contributed by atoms with Gasteiger partial charge in [0.2, 0.25) is 6.79 Å². The standard InChI is InChI=1S/C26H37N3O2/c1-3-22-23(21-7-6-15-27-16-13-21)18-29(2)24(22)8-4-5-14-28-17-20-9-11-25-26(12-10-20)31-19-30-25/h3-4,8-9,11-12,18,21,24,27-28H,5-7,10,13-17,19H2,1-2H3/b8-4-,22-3-. The van der Waals surface area contributed by atoms with Crippen molar-refractivity contribution in [2.24, 2.45) is 5.92 Å². The molecule has 5 heteroatoms. The van der Waals surface area contributed by atoms with E-state index in [1.807, 2.05) is 6.08 Å². The molecule has 3 heterocycles. The highest BCUT2D eigenvalue weighted by Gasteiger charge is 2.29. The van der Waals surface area contributed by atoms with Crippen LogP contribution in [0.1, 0.15) is 39.0 Å². The van der Waals surface area contributed by atoms with E-state index in [0.717, 1.165) is 50.5 Å². The van der Waals surface area contributed by atoms with Crippen LogP contribution in [0.4, 0.5) is 0 Å². The summed E-state index contributed by atoms with van der Waals surface area (Å²) in [6.45, 7) is 6.70. The van der Waals surface area contributed by atoms with Crippen LogP contribution in [0.5, 0.6) is 0 Å². The zero-order valence-corrected chi connectivity index (χ0v) is 19.0. The zero-order chi connectivity index (χ0) is 21.5. The second kappa shape index (κ2) is 10.9. The molecule has 0 aromatic carbocycles. The monoisotopic (exact) mass is 423 g/mol. The van der Waals surface area contributed by atoms with Gasteiger partial charge in [0.15, 0.2) is 11.5 Å². The first-order valence-corrected chi connectivity index (χ1v) is 11.8. The van der Waals surface area contributed by atoms with E-state index >= 15 is 0 Å². The van der Waals surface area contributed by atoms with Crippen LogP contribution < -0.4 is 10.6 Å². The van der Waals surface area contributed by atoms with Crippen molar-refractivity contribution in [2.45, 2.75) is 45.1 Å². The number of hydrogen-bond acceptors (Lipinski definition) is 5. The third kappa shape index (κ3) is 5.52. The lowest BCUT2D eigenvalue weighted by Gasteiger charge is -2.21. The number of ether oxygens (including phenoxy) is 2. The Morgan fingerprint density at radius 3 is 3.00 bits per heavy atom. The fraction of sp³-hybridized carbons (Fsp3) is 0.538. The number of nitrogens with one attached hydrogen (secondary N) is 2. The number of likely N-dealkylation sites (N-methyl/N-ethyl adjacent to an activating group) is 1. The molecule has 168 valence electrons. The maximum absolute atomic E-state index is 5.46. The van der Waals surface area contributed by atoms with Crippen molar-refractivity contribution in [3.8, 4) is 0 Å². The Hall–Kier alpha value is -2.24. The minimum Gasteiger partial charge on any atom is -0.454 e. The molecule has 0 radical (unpaired) electrons. The molecule has 2 fully saturated rings. The quantitative estimate of drug-likeness (QED) is 0.476. The molecule has 0 aromatic rings. The first-order chi connectivity index (χ1) is 15.3. The van der Waals surface area contributed by atoms with Crippen LogP contribution in [0.3, 0.4) is 0 Å². The Balaban J connectivity index is 1.23. The molecule has 5 nitrogen and oxygen atoms in total. The second-order valence-corrected chi connectivity index (χ2v) is 8.75. The molecule has 0 amide bonds. The number of rotatable bonds is 7. The maximum Gasteiger partial charge on any atom is 0.231 e. The van der Waals surface area contributed by atoms with Gasteiger partial charge in [-0.15, -0.1) is 0 Å². The summed E-state index contributed by atoms with van der Waals surface area (Å²) < 4.78 is 10.9. The molecule has 0 aromatic heterocycles. The van der Waals surface area contributed by atoms with E-state index in [4.69, 9.17) is 9.47 Å². The molecule has 1 aliphatic carbocycles. The smallest absolute Gasteiger partial charge is 0.231 e. The van der Waals surface area contributed by atoms with E-state index in [0.29, 0.717) is 18.8 Å². The van der Waals surface area contributed by atoms with Gasteiger partial charge in [0.1, 0.15) is 0 Å². The Morgan fingerprint density at radius 1 is 1.19 bits per heavy atom. The van der Waals surface area contributed by atoms with Crippen molar-refractivity contribution < 1.29 is 9.47 Å².